The molecule has 6 heteroatoms. The SMILES string of the molecule is CC1(C)Cc2cccc(CNc3ccc(C(=O)N4CCOCC4)c(F)c3)c2O1. The molecule has 2 aromatic rings. The molecule has 2 aromatic carbocycles. The van der Waals surface area contributed by atoms with Crippen LogP contribution in [0.25, 0.3) is 0 Å². The molecule has 148 valence electrons. The highest BCUT2D eigenvalue weighted by atomic mass is 19.1. The van der Waals surface area contributed by atoms with Gasteiger partial charge in [-0.05, 0) is 37.6 Å². The van der Waals surface area contributed by atoms with E-state index in [1.54, 1.807) is 17.0 Å². The van der Waals surface area contributed by atoms with Gasteiger partial charge in [0.15, 0.2) is 0 Å². The fraction of sp³-hybridized carbons (Fsp3) is 0.409. The van der Waals surface area contributed by atoms with Crippen molar-refractivity contribution in [3.63, 3.8) is 0 Å². The van der Waals surface area contributed by atoms with Crippen molar-refractivity contribution in [1.82, 2.24) is 4.90 Å². The van der Waals surface area contributed by atoms with Crippen molar-refractivity contribution in [2.75, 3.05) is 31.6 Å². The van der Waals surface area contributed by atoms with Crippen LogP contribution in [-0.2, 0) is 17.7 Å². The number of anilines is 1. The summed E-state index contributed by atoms with van der Waals surface area (Å²) in [4.78, 5) is 14.1. The van der Waals surface area contributed by atoms with E-state index in [4.69, 9.17) is 9.47 Å². The molecule has 1 N–H and O–H groups in total. The Bertz CT molecular complexity index is 891. The molecule has 2 heterocycles. The number of para-hydroxylation sites is 1. The highest BCUT2D eigenvalue weighted by Crippen LogP contribution is 2.37. The largest absolute Gasteiger partial charge is 0.487 e. The zero-order chi connectivity index (χ0) is 19.7. The number of hydrogen-bond acceptors (Lipinski definition) is 4. The first kappa shape index (κ1) is 18.7. The minimum absolute atomic E-state index is 0.0955. The predicted molar refractivity (Wildman–Crippen MR) is 105 cm³/mol. The van der Waals surface area contributed by atoms with Gasteiger partial charge >= 0.3 is 0 Å². The molecule has 2 aliphatic rings. The summed E-state index contributed by atoms with van der Waals surface area (Å²) in [5.41, 5.74) is 2.76. The lowest BCUT2D eigenvalue weighted by molar-refractivity contribution is 0.0300. The van der Waals surface area contributed by atoms with Crippen LogP contribution in [0.1, 0.15) is 35.3 Å². The van der Waals surface area contributed by atoms with Crippen molar-refractivity contribution in [2.45, 2.75) is 32.4 Å². The number of rotatable bonds is 4. The quantitative estimate of drug-likeness (QED) is 0.875. The van der Waals surface area contributed by atoms with E-state index in [0.717, 1.165) is 17.7 Å². The first-order valence-electron chi connectivity index (χ1n) is 9.63. The van der Waals surface area contributed by atoms with E-state index < -0.39 is 5.82 Å². The van der Waals surface area contributed by atoms with E-state index in [2.05, 4.69) is 25.2 Å². The number of hydrogen-bond donors (Lipinski definition) is 1. The number of carbonyl (C=O) groups is 1. The Balaban J connectivity index is 1.45. The summed E-state index contributed by atoms with van der Waals surface area (Å²) in [5, 5.41) is 3.24. The van der Waals surface area contributed by atoms with Gasteiger partial charge in [-0.2, -0.15) is 0 Å². The van der Waals surface area contributed by atoms with E-state index in [9.17, 15) is 9.18 Å². The van der Waals surface area contributed by atoms with E-state index in [-0.39, 0.29) is 17.1 Å². The molecular formula is C22H25FN2O3. The number of nitrogens with zero attached hydrogens (tertiary/aromatic N) is 1. The third-order valence-corrected chi connectivity index (χ3v) is 5.15. The summed E-state index contributed by atoms with van der Waals surface area (Å²) in [6.07, 6.45) is 0.878. The van der Waals surface area contributed by atoms with Gasteiger partial charge in [-0.15, -0.1) is 0 Å². The number of fused-ring (bicyclic) bond motifs is 1. The summed E-state index contributed by atoms with van der Waals surface area (Å²) >= 11 is 0. The van der Waals surface area contributed by atoms with Crippen molar-refractivity contribution in [1.29, 1.82) is 0 Å². The highest BCUT2D eigenvalue weighted by molar-refractivity contribution is 5.95. The van der Waals surface area contributed by atoms with E-state index in [1.165, 1.54) is 11.6 Å². The van der Waals surface area contributed by atoms with Crippen LogP contribution >= 0.6 is 0 Å². The first-order valence-corrected chi connectivity index (χ1v) is 9.63. The van der Waals surface area contributed by atoms with E-state index >= 15 is 0 Å². The van der Waals surface area contributed by atoms with Crippen LogP contribution in [0, 0.1) is 5.82 Å². The minimum atomic E-state index is -0.517. The van der Waals surface area contributed by atoms with E-state index in [1.807, 2.05) is 12.1 Å². The molecule has 0 atom stereocenters. The van der Waals surface area contributed by atoms with Gasteiger partial charge in [0.25, 0.3) is 5.91 Å². The second kappa shape index (κ2) is 7.43. The molecule has 0 unspecified atom stereocenters. The van der Waals surface area contributed by atoms with Crippen molar-refractivity contribution in [3.05, 3.63) is 58.9 Å². The van der Waals surface area contributed by atoms with Crippen LogP contribution in [0.3, 0.4) is 0 Å². The number of ether oxygens (including phenoxy) is 2. The maximum Gasteiger partial charge on any atom is 0.256 e. The summed E-state index contributed by atoms with van der Waals surface area (Å²) in [6.45, 7) is 6.64. The molecule has 0 aliphatic carbocycles. The second-order valence-corrected chi connectivity index (χ2v) is 7.90. The van der Waals surface area contributed by atoms with Gasteiger partial charge in [0, 0.05) is 37.3 Å². The number of nitrogens with one attached hydrogen (secondary N) is 1. The molecule has 5 nitrogen and oxygen atoms in total. The Morgan fingerprint density at radius 1 is 1.21 bits per heavy atom. The summed E-state index contributed by atoms with van der Waals surface area (Å²) in [7, 11) is 0. The van der Waals surface area contributed by atoms with Crippen LogP contribution in [0.2, 0.25) is 0 Å². The lowest BCUT2D eigenvalue weighted by atomic mass is 10.0. The molecule has 0 aromatic heterocycles. The van der Waals surface area contributed by atoms with Crippen LogP contribution < -0.4 is 10.1 Å². The maximum absolute atomic E-state index is 14.6. The molecule has 1 amide bonds. The molecule has 0 bridgehead atoms. The third-order valence-electron chi connectivity index (χ3n) is 5.15. The van der Waals surface area contributed by atoms with Gasteiger partial charge in [-0.1, -0.05) is 18.2 Å². The molecule has 28 heavy (non-hydrogen) atoms. The zero-order valence-electron chi connectivity index (χ0n) is 16.3. The van der Waals surface area contributed by atoms with Crippen LogP contribution in [-0.4, -0.2) is 42.7 Å². The topological polar surface area (TPSA) is 50.8 Å². The van der Waals surface area contributed by atoms with Crippen LogP contribution in [0.15, 0.2) is 36.4 Å². The Morgan fingerprint density at radius 2 is 2.00 bits per heavy atom. The Labute approximate surface area is 164 Å². The minimum Gasteiger partial charge on any atom is -0.487 e. The molecule has 1 fully saturated rings. The number of morpholine rings is 1. The zero-order valence-corrected chi connectivity index (χ0v) is 16.3. The number of halogens is 1. The fourth-order valence-electron chi connectivity index (χ4n) is 3.75. The second-order valence-electron chi connectivity index (χ2n) is 7.90. The summed E-state index contributed by atoms with van der Waals surface area (Å²) in [6, 6.07) is 10.8. The van der Waals surface area contributed by atoms with Crippen molar-refractivity contribution >= 4 is 11.6 Å². The number of amides is 1. The van der Waals surface area contributed by atoms with Crippen LogP contribution in [0.5, 0.6) is 5.75 Å². The third kappa shape index (κ3) is 3.83. The normalized spacial score (nSPS) is 17.8. The molecule has 2 aliphatic heterocycles. The molecule has 4 rings (SSSR count). The summed E-state index contributed by atoms with van der Waals surface area (Å²) < 4.78 is 25.9. The molecule has 0 spiro atoms. The van der Waals surface area contributed by atoms with Crippen molar-refractivity contribution in [2.24, 2.45) is 0 Å². The lowest BCUT2D eigenvalue weighted by Gasteiger charge is -2.27. The molecule has 1 saturated heterocycles. The predicted octanol–water partition coefficient (Wildman–Crippen LogP) is 3.62. The fourth-order valence-corrected chi connectivity index (χ4v) is 3.75. The first-order chi connectivity index (χ1) is 13.4. The van der Waals surface area contributed by atoms with Gasteiger partial charge in [0.2, 0.25) is 0 Å². The molecule has 0 saturated carbocycles. The lowest BCUT2D eigenvalue weighted by Crippen LogP contribution is -2.41. The Kier molecular flexibility index (Phi) is 4.98. The monoisotopic (exact) mass is 384 g/mol. The van der Waals surface area contributed by atoms with Crippen molar-refractivity contribution < 1.29 is 18.7 Å². The number of carbonyl (C=O) groups excluding carboxylic acids is 1. The summed E-state index contributed by atoms with van der Waals surface area (Å²) in [5.74, 6) is 0.112. The van der Waals surface area contributed by atoms with Gasteiger partial charge < -0.3 is 19.7 Å². The van der Waals surface area contributed by atoms with Crippen molar-refractivity contribution in [3.8, 4) is 5.75 Å². The highest BCUT2D eigenvalue weighted by Gasteiger charge is 2.31. The smallest absolute Gasteiger partial charge is 0.256 e. The average Bonchev–Trinajstić information content (AvgIpc) is 3.01. The molecule has 0 radical (unpaired) electrons. The standard InChI is InChI=1S/C22H25FN2O3/c1-22(2)13-15-4-3-5-16(20(15)28-22)14-24-17-6-7-18(19(23)12-17)21(26)25-8-10-27-11-9-25/h3-7,12,24H,8-11,13-14H2,1-2H3. The van der Waals surface area contributed by atoms with Gasteiger partial charge in [-0.3, -0.25) is 4.79 Å². The van der Waals surface area contributed by atoms with Crippen LogP contribution in [0.4, 0.5) is 10.1 Å². The van der Waals surface area contributed by atoms with E-state index in [0.29, 0.717) is 38.5 Å². The average molecular weight is 384 g/mol. The van der Waals surface area contributed by atoms with Gasteiger partial charge in [-0.25, -0.2) is 4.39 Å². The molecular weight excluding hydrogens is 359 g/mol. The van der Waals surface area contributed by atoms with Gasteiger partial charge in [0.05, 0.1) is 18.8 Å². The Hall–Kier alpha value is -2.60. The maximum atomic E-state index is 14.6. The van der Waals surface area contributed by atoms with Gasteiger partial charge in [0.1, 0.15) is 17.2 Å². The Morgan fingerprint density at radius 3 is 2.75 bits per heavy atom. The number of benzene rings is 2.